The van der Waals surface area contributed by atoms with Crippen LogP contribution in [0.25, 0.3) is 10.9 Å². The number of ether oxygens (including phenoxy) is 1. The van der Waals surface area contributed by atoms with Gasteiger partial charge in [0.25, 0.3) is 0 Å². The number of pyridine rings is 1. The maximum absolute atomic E-state index is 6.12. The third-order valence-corrected chi connectivity index (χ3v) is 3.86. The molecule has 2 unspecified atom stereocenters. The molecule has 1 heterocycles. The molecule has 1 aliphatic carbocycles. The van der Waals surface area contributed by atoms with Crippen LogP contribution in [0.2, 0.25) is 5.02 Å². The van der Waals surface area contributed by atoms with Gasteiger partial charge in [-0.1, -0.05) is 11.6 Å². The average Bonchev–Trinajstić information content (AvgIpc) is 2.38. The Hall–Kier alpha value is -1.32. The summed E-state index contributed by atoms with van der Waals surface area (Å²) in [5, 5.41) is 1.70. The lowest BCUT2D eigenvalue weighted by Gasteiger charge is -2.27. The van der Waals surface area contributed by atoms with Gasteiger partial charge in [0.15, 0.2) is 0 Å². The van der Waals surface area contributed by atoms with Crippen LogP contribution >= 0.6 is 11.6 Å². The van der Waals surface area contributed by atoms with Crippen LogP contribution in [0.3, 0.4) is 0 Å². The van der Waals surface area contributed by atoms with E-state index in [4.69, 9.17) is 22.1 Å². The molecule has 0 amide bonds. The van der Waals surface area contributed by atoms with Crippen molar-refractivity contribution in [1.82, 2.24) is 4.98 Å². The fourth-order valence-electron chi connectivity index (χ4n) is 2.67. The van der Waals surface area contributed by atoms with E-state index in [2.05, 4.69) is 4.98 Å². The van der Waals surface area contributed by atoms with Gasteiger partial charge in [-0.3, -0.25) is 4.98 Å². The molecule has 1 saturated carbocycles. The van der Waals surface area contributed by atoms with Gasteiger partial charge in [-0.2, -0.15) is 0 Å². The van der Waals surface area contributed by atoms with E-state index in [9.17, 15) is 0 Å². The van der Waals surface area contributed by atoms with Crippen molar-refractivity contribution in [2.45, 2.75) is 37.8 Å². The Balaban J connectivity index is 1.88. The summed E-state index contributed by atoms with van der Waals surface area (Å²) in [5.41, 5.74) is 6.87. The average molecular weight is 277 g/mol. The van der Waals surface area contributed by atoms with Crippen LogP contribution in [0.15, 0.2) is 30.5 Å². The molecule has 100 valence electrons. The van der Waals surface area contributed by atoms with E-state index >= 15 is 0 Å². The van der Waals surface area contributed by atoms with Crippen molar-refractivity contribution < 1.29 is 4.74 Å². The first-order valence-corrected chi connectivity index (χ1v) is 7.06. The van der Waals surface area contributed by atoms with Crippen molar-refractivity contribution in [2.75, 3.05) is 0 Å². The fourth-order valence-corrected chi connectivity index (χ4v) is 2.83. The zero-order chi connectivity index (χ0) is 13.2. The first-order valence-electron chi connectivity index (χ1n) is 6.69. The van der Waals surface area contributed by atoms with E-state index in [0.717, 1.165) is 42.3 Å². The van der Waals surface area contributed by atoms with Crippen LogP contribution in [-0.2, 0) is 0 Å². The van der Waals surface area contributed by atoms with Crippen molar-refractivity contribution in [1.29, 1.82) is 0 Å². The molecular formula is C15H17ClN2O. The van der Waals surface area contributed by atoms with Gasteiger partial charge >= 0.3 is 0 Å². The first kappa shape index (κ1) is 12.7. The van der Waals surface area contributed by atoms with Crippen molar-refractivity contribution in [3.05, 3.63) is 35.5 Å². The van der Waals surface area contributed by atoms with Crippen LogP contribution in [-0.4, -0.2) is 17.1 Å². The van der Waals surface area contributed by atoms with Crippen LogP contribution in [0.1, 0.15) is 25.7 Å². The SMILES string of the molecule is NC1CCCC(Oc2ccnc3cc(Cl)ccc23)C1. The van der Waals surface area contributed by atoms with Gasteiger partial charge in [0, 0.05) is 22.6 Å². The molecule has 3 nitrogen and oxygen atoms in total. The van der Waals surface area contributed by atoms with Crippen molar-refractivity contribution in [3.8, 4) is 5.75 Å². The molecule has 0 saturated heterocycles. The Morgan fingerprint density at radius 1 is 1.26 bits per heavy atom. The predicted octanol–water partition coefficient (Wildman–Crippen LogP) is 3.54. The van der Waals surface area contributed by atoms with Gasteiger partial charge in [-0.25, -0.2) is 0 Å². The number of fused-ring (bicyclic) bond motifs is 1. The van der Waals surface area contributed by atoms with Gasteiger partial charge < -0.3 is 10.5 Å². The molecule has 1 aliphatic rings. The van der Waals surface area contributed by atoms with Gasteiger partial charge in [-0.05, 0) is 49.9 Å². The second-order valence-electron chi connectivity index (χ2n) is 5.14. The first-order chi connectivity index (χ1) is 9.22. The van der Waals surface area contributed by atoms with Crippen molar-refractivity contribution >= 4 is 22.5 Å². The highest BCUT2D eigenvalue weighted by molar-refractivity contribution is 6.31. The molecule has 0 spiro atoms. The third-order valence-electron chi connectivity index (χ3n) is 3.63. The third kappa shape index (κ3) is 2.82. The summed E-state index contributed by atoms with van der Waals surface area (Å²) in [6, 6.07) is 7.86. The number of aromatic nitrogens is 1. The lowest BCUT2D eigenvalue weighted by molar-refractivity contribution is 0.146. The molecule has 4 heteroatoms. The van der Waals surface area contributed by atoms with Gasteiger partial charge in [-0.15, -0.1) is 0 Å². The van der Waals surface area contributed by atoms with Crippen LogP contribution in [0, 0.1) is 0 Å². The van der Waals surface area contributed by atoms with Crippen molar-refractivity contribution in [2.24, 2.45) is 5.73 Å². The highest BCUT2D eigenvalue weighted by Gasteiger charge is 2.21. The number of benzene rings is 1. The summed E-state index contributed by atoms with van der Waals surface area (Å²) in [7, 11) is 0. The molecule has 2 aromatic rings. The molecule has 1 fully saturated rings. The van der Waals surface area contributed by atoms with Crippen LogP contribution in [0.4, 0.5) is 0 Å². The van der Waals surface area contributed by atoms with Crippen molar-refractivity contribution in [3.63, 3.8) is 0 Å². The largest absolute Gasteiger partial charge is 0.490 e. The molecule has 19 heavy (non-hydrogen) atoms. The monoisotopic (exact) mass is 276 g/mol. The summed E-state index contributed by atoms with van der Waals surface area (Å²) < 4.78 is 6.12. The number of rotatable bonds is 2. The molecule has 0 bridgehead atoms. The maximum atomic E-state index is 6.12. The summed E-state index contributed by atoms with van der Waals surface area (Å²) in [6.07, 6.45) is 6.22. The minimum atomic E-state index is 0.213. The Bertz CT molecular complexity index is 587. The highest BCUT2D eigenvalue weighted by Crippen LogP contribution is 2.29. The molecule has 0 aliphatic heterocycles. The smallest absolute Gasteiger partial charge is 0.130 e. The van der Waals surface area contributed by atoms with Gasteiger partial charge in [0.2, 0.25) is 0 Å². The molecule has 1 aromatic heterocycles. The Labute approximate surface area is 117 Å². The van der Waals surface area contributed by atoms with E-state index in [-0.39, 0.29) is 12.1 Å². The quantitative estimate of drug-likeness (QED) is 0.913. The summed E-state index contributed by atoms with van der Waals surface area (Å²) >= 11 is 5.98. The molecule has 1 aromatic carbocycles. The maximum Gasteiger partial charge on any atom is 0.130 e. The molecule has 2 N–H and O–H groups in total. The molecule has 3 rings (SSSR count). The highest BCUT2D eigenvalue weighted by atomic mass is 35.5. The lowest BCUT2D eigenvalue weighted by Crippen LogP contribution is -2.33. The molecular weight excluding hydrogens is 260 g/mol. The number of hydrogen-bond donors (Lipinski definition) is 1. The summed E-state index contributed by atoms with van der Waals surface area (Å²) in [4.78, 5) is 4.32. The predicted molar refractivity (Wildman–Crippen MR) is 77.6 cm³/mol. The van der Waals surface area contributed by atoms with E-state index in [1.807, 2.05) is 24.3 Å². The van der Waals surface area contributed by atoms with Gasteiger partial charge in [0.1, 0.15) is 11.9 Å². The number of halogens is 1. The lowest BCUT2D eigenvalue weighted by atomic mass is 9.93. The zero-order valence-electron chi connectivity index (χ0n) is 10.7. The topological polar surface area (TPSA) is 48.1 Å². The van der Waals surface area contributed by atoms with E-state index < -0.39 is 0 Å². The normalized spacial score (nSPS) is 23.5. The second-order valence-corrected chi connectivity index (χ2v) is 5.57. The molecule has 0 radical (unpaired) electrons. The van der Waals surface area contributed by atoms with Crippen LogP contribution in [0.5, 0.6) is 5.75 Å². The zero-order valence-corrected chi connectivity index (χ0v) is 11.4. The Morgan fingerprint density at radius 3 is 3.00 bits per heavy atom. The summed E-state index contributed by atoms with van der Waals surface area (Å²) in [5.74, 6) is 0.876. The minimum Gasteiger partial charge on any atom is -0.490 e. The Kier molecular flexibility index (Phi) is 3.58. The number of nitrogens with two attached hydrogens (primary N) is 1. The van der Waals surface area contributed by atoms with Gasteiger partial charge in [0.05, 0.1) is 5.52 Å². The summed E-state index contributed by atoms with van der Waals surface area (Å²) in [6.45, 7) is 0. The Morgan fingerprint density at radius 2 is 2.16 bits per heavy atom. The van der Waals surface area contributed by atoms with E-state index in [1.54, 1.807) is 6.20 Å². The number of hydrogen-bond acceptors (Lipinski definition) is 3. The van der Waals surface area contributed by atoms with E-state index in [1.165, 1.54) is 0 Å². The van der Waals surface area contributed by atoms with Crippen LogP contribution < -0.4 is 10.5 Å². The number of nitrogens with zero attached hydrogens (tertiary/aromatic N) is 1. The standard InChI is InChI=1S/C15H17ClN2O/c16-10-4-5-13-14(8-10)18-7-6-15(13)19-12-3-1-2-11(17)9-12/h4-8,11-12H,1-3,9,17H2. The molecule has 2 atom stereocenters. The minimum absolute atomic E-state index is 0.213. The fraction of sp³-hybridized carbons (Fsp3) is 0.400. The second kappa shape index (κ2) is 5.35. The van der Waals surface area contributed by atoms with E-state index in [0.29, 0.717) is 5.02 Å².